The van der Waals surface area contributed by atoms with Gasteiger partial charge in [0.2, 0.25) is 5.91 Å². The monoisotopic (exact) mass is 299 g/mol. The van der Waals surface area contributed by atoms with Gasteiger partial charge in [0.25, 0.3) is 0 Å². The summed E-state index contributed by atoms with van der Waals surface area (Å²) >= 11 is 0. The van der Waals surface area contributed by atoms with Crippen molar-refractivity contribution in [2.24, 2.45) is 5.92 Å². The molecule has 1 aromatic carbocycles. The summed E-state index contributed by atoms with van der Waals surface area (Å²) < 4.78 is 1.85. The van der Waals surface area contributed by atoms with E-state index in [-0.39, 0.29) is 11.9 Å². The summed E-state index contributed by atoms with van der Waals surface area (Å²) in [6.07, 6.45) is 4.81. The average molecular weight is 299 g/mol. The van der Waals surface area contributed by atoms with Crippen molar-refractivity contribution in [1.82, 2.24) is 15.1 Å². The quantitative estimate of drug-likeness (QED) is 0.941. The van der Waals surface area contributed by atoms with Crippen molar-refractivity contribution in [3.63, 3.8) is 0 Å². The van der Waals surface area contributed by atoms with E-state index in [1.54, 1.807) is 0 Å². The number of amides is 1. The third kappa shape index (κ3) is 2.74. The van der Waals surface area contributed by atoms with Crippen molar-refractivity contribution in [2.75, 3.05) is 0 Å². The van der Waals surface area contributed by atoms with Gasteiger partial charge >= 0.3 is 0 Å². The fourth-order valence-electron chi connectivity index (χ4n) is 3.49. The minimum atomic E-state index is -0.285. The van der Waals surface area contributed by atoms with Gasteiger partial charge in [-0.2, -0.15) is 5.10 Å². The maximum absolute atomic E-state index is 12.6. The molecule has 0 unspecified atom stereocenters. The highest BCUT2D eigenvalue weighted by Gasteiger charge is 2.26. The molecule has 1 aliphatic carbocycles. The maximum Gasteiger partial charge on any atom is 0.244 e. The summed E-state index contributed by atoms with van der Waals surface area (Å²) in [7, 11) is 0. The van der Waals surface area contributed by atoms with Crippen LogP contribution in [0, 0.1) is 12.8 Å². The minimum Gasteiger partial charge on any atom is -0.351 e. The Morgan fingerprint density at radius 3 is 2.82 bits per heavy atom. The van der Waals surface area contributed by atoms with Gasteiger partial charge in [0.1, 0.15) is 6.04 Å². The largest absolute Gasteiger partial charge is 0.351 e. The molecule has 2 aromatic rings. The van der Waals surface area contributed by atoms with E-state index >= 15 is 0 Å². The summed E-state index contributed by atoms with van der Waals surface area (Å²) in [6, 6.07) is 8.12. The molecule has 4 nitrogen and oxygen atoms in total. The Morgan fingerprint density at radius 2 is 2.05 bits per heavy atom. The predicted molar refractivity (Wildman–Crippen MR) is 88.7 cm³/mol. The highest BCUT2D eigenvalue weighted by molar-refractivity contribution is 5.86. The molecule has 1 N–H and O–H groups in total. The van der Waals surface area contributed by atoms with Crippen molar-refractivity contribution < 1.29 is 4.79 Å². The van der Waals surface area contributed by atoms with Crippen LogP contribution in [0.25, 0.3) is 10.9 Å². The van der Waals surface area contributed by atoms with Crippen LogP contribution in [0.1, 0.15) is 51.3 Å². The molecule has 0 bridgehead atoms. The molecule has 1 amide bonds. The van der Waals surface area contributed by atoms with Crippen LogP contribution < -0.4 is 5.32 Å². The standard InChI is InChI=1S/C18H25N3O/c1-12-8-4-6-10-16(12)19-18(22)14(3)21-17-11-7-5-9-15(17)13(2)20-21/h5,7,9,11-12,14,16H,4,6,8,10H2,1-3H3,(H,19,22)/t12-,14+,16-/m0/s1. The summed E-state index contributed by atoms with van der Waals surface area (Å²) in [4.78, 5) is 12.6. The van der Waals surface area contributed by atoms with E-state index in [2.05, 4.69) is 23.4 Å². The molecule has 1 saturated carbocycles. The third-order valence-corrected chi connectivity index (χ3v) is 4.98. The Kier molecular flexibility index (Phi) is 4.19. The number of nitrogens with one attached hydrogen (secondary N) is 1. The molecular weight excluding hydrogens is 274 g/mol. The number of carbonyl (C=O) groups is 1. The molecular formula is C18H25N3O. The van der Waals surface area contributed by atoms with Crippen LogP contribution in [0.3, 0.4) is 0 Å². The van der Waals surface area contributed by atoms with Gasteiger partial charge in [-0.05, 0) is 38.7 Å². The first-order valence-corrected chi connectivity index (χ1v) is 8.32. The van der Waals surface area contributed by atoms with Crippen molar-refractivity contribution in [2.45, 2.75) is 58.5 Å². The SMILES string of the molecule is Cc1nn([C@H](C)C(=O)N[C@H]2CCCC[C@@H]2C)c2ccccc12. The van der Waals surface area contributed by atoms with Crippen LogP contribution in [0.5, 0.6) is 0 Å². The zero-order chi connectivity index (χ0) is 15.7. The van der Waals surface area contributed by atoms with Gasteiger partial charge < -0.3 is 5.32 Å². The topological polar surface area (TPSA) is 46.9 Å². The number of para-hydroxylation sites is 1. The van der Waals surface area contributed by atoms with E-state index in [9.17, 15) is 4.79 Å². The third-order valence-electron chi connectivity index (χ3n) is 4.98. The van der Waals surface area contributed by atoms with Crippen molar-refractivity contribution in [3.8, 4) is 0 Å². The van der Waals surface area contributed by atoms with Gasteiger partial charge in [0, 0.05) is 11.4 Å². The Morgan fingerprint density at radius 1 is 1.32 bits per heavy atom. The van der Waals surface area contributed by atoms with Gasteiger partial charge in [0.05, 0.1) is 11.2 Å². The molecule has 1 aliphatic rings. The number of benzene rings is 1. The van der Waals surface area contributed by atoms with Crippen molar-refractivity contribution in [3.05, 3.63) is 30.0 Å². The molecule has 22 heavy (non-hydrogen) atoms. The van der Waals surface area contributed by atoms with Gasteiger partial charge in [0.15, 0.2) is 0 Å². The van der Waals surface area contributed by atoms with E-state index in [0.29, 0.717) is 12.0 Å². The Labute approximate surface area is 131 Å². The zero-order valence-electron chi connectivity index (χ0n) is 13.7. The second kappa shape index (κ2) is 6.11. The number of rotatable bonds is 3. The molecule has 3 rings (SSSR count). The second-order valence-corrected chi connectivity index (χ2v) is 6.60. The predicted octanol–water partition coefficient (Wildman–Crippen LogP) is 3.60. The normalized spacial score (nSPS) is 23.4. The summed E-state index contributed by atoms with van der Waals surface area (Å²) in [5, 5.41) is 8.94. The molecule has 1 fully saturated rings. The molecule has 4 heteroatoms. The first-order chi connectivity index (χ1) is 10.6. The molecule has 1 aromatic heterocycles. The lowest BCUT2D eigenvalue weighted by molar-refractivity contribution is -0.125. The number of hydrogen-bond acceptors (Lipinski definition) is 2. The Bertz CT molecular complexity index is 676. The summed E-state index contributed by atoms with van der Waals surface area (Å²) in [5.74, 6) is 0.646. The lowest BCUT2D eigenvalue weighted by Crippen LogP contribution is -2.43. The van der Waals surface area contributed by atoms with Crippen LogP contribution in [0.4, 0.5) is 0 Å². The molecule has 0 aliphatic heterocycles. The molecule has 0 saturated heterocycles. The van der Waals surface area contributed by atoms with E-state index in [0.717, 1.165) is 23.0 Å². The first kappa shape index (κ1) is 15.1. The number of carbonyl (C=O) groups excluding carboxylic acids is 1. The summed E-state index contributed by atoms with van der Waals surface area (Å²) in [6.45, 7) is 6.16. The fraction of sp³-hybridized carbons (Fsp3) is 0.556. The fourth-order valence-corrected chi connectivity index (χ4v) is 3.49. The lowest BCUT2D eigenvalue weighted by Gasteiger charge is -2.30. The van der Waals surface area contributed by atoms with Gasteiger partial charge in [-0.25, -0.2) is 0 Å². The van der Waals surface area contributed by atoms with E-state index in [1.165, 1.54) is 19.3 Å². The average Bonchev–Trinajstić information content (AvgIpc) is 2.86. The van der Waals surface area contributed by atoms with Crippen LogP contribution in [0.15, 0.2) is 24.3 Å². The van der Waals surface area contributed by atoms with E-state index < -0.39 is 0 Å². The number of fused-ring (bicyclic) bond motifs is 1. The highest BCUT2D eigenvalue weighted by atomic mass is 16.2. The first-order valence-electron chi connectivity index (χ1n) is 8.32. The molecule has 0 radical (unpaired) electrons. The number of aryl methyl sites for hydroxylation is 1. The highest BCUT2D eigenvalue weighted by Crippen LogP contribution is 2.25. The van der Waals surface area contributed by atoms with Gasteiger partial charge in [-0.1, -0.05) is 38.0 Å². The smallest absolute Gasteiger partial charge is 0.244 e. The van der Waals surface area contributed by atoms with Crippen LogP contribution in [-0.4, -0.2) is 21.7 Å². The maximum atomic E-state index is 12.6. The van der Waals surface area contributed by atoms with E-state index in [1.807, 2.05) is 36.7 Å². The van der Waals surface area contributed by atoms with Crippen molar-refractivity contribution in [1.29, 1.82) is 0 Å². The Balaban J connectivity index is 1.80. The number of nitrogens with zero attached hydrogens (tertiary/aromatic N) is 2. The number of aromatic nitrogens is 2. The van der Waals surface area contributed by atoms with Crippen LogP contribution >= 0.6 is 0 Å². The summed E-state index contributed by atoms with van der Waals surface area (Å²) in [5.41, 5.74) is 2.00. The molecule has 118 valence electrons. The van der Waals surface area contributed by atoms with Crippen molar-refractivity contribution >= 4 is 16.8 Å². The number of hydrogen-bond donors (Lipinski definition) is 1. The van der Waals surface area contributed by atoms with Crippen LogP contribution in [-0.2, 0) is 4.79 Å². The zero-order valence-corrected chi connectivity index (χ0v) is 13.7. The van der Waals surface area contributed by atoms with E-state index in [4.69, 9.17) is 0 Å². The lowest BCUT2D eigenvalue weighted by atomic mass is 9.86. The Hall–Kier alpha value is -1.84. The van der Waals surface area contributed by atoms with Gasteiger partial charge in [-0.15, -0.1) is 0 Å². The van der Waals surface area contributed by atoms with Crippen LogP contribution in [0.2, 0.25) is 0 Å². The second-order valence-electron chi connectivity index (χ2n) is 6.60. The molecule has 0 spiro atoms. The minimum absolute atomic E-state index is 0.0759. The molecule has 1 heterocycles. The van der Waals surface area contributed by atoms with Gasteiger partial charge in [-0.3, -0.25) is 9.48 Å². The molecule has 3 atom stereocenters.